The summed E-state index contributed by atoms with van der Waals surface area (Å²) in [5.41, 5.74) is 4.60. The van der Waals surface area contributed by atoms with Crippen molar-refractivity contribution in [2.75, 3.05) is 5.75 Å². The van der Waals surface area contributed by atoms with Gasteiger partial charge in [0.15, 0.2) is 5.78 Å². The Morgan fingerprint density at radius 3 is 2.44 bits per heavy atom. The summed E-state index contributed by atoms with van der Waals surface area (Å²) in [5, 5.41) is 10.6. The lowest BCUT2D eigenvalue weighted by atomic mass is 9.80. The number of Topliss-reactive ketones (excluding diaryl/α,β-unsaturated/α-hetero) is 1. The van der Waals surface area contributed by atoms with Gasteiger partial charge in [0.1, 0.15) is 11.6 Å². The van der Waals surface area contributed by atoms with Crippen LogP contribution >= 0.6 is 11.8 Å². The second kappa shape index (κ2) is 8.30. The lowest BCUT2D eigenvalue weighted by Gasteiger charge is -2.25. The number of thioether (sulfide) groups is 1. The molecule has 27 heavy (non-hydrogen) atoms. The molecular weight excluding hydrogens is 359 g/mol. The molecule has 1 unspecified atom stereocenters. The molecule has 2 aromatic rings. The highest BCUT2D eigenvalue weighted by molar-refractivity contribution is 7.99. The van der Waals surface area contributed by atoms with Gasteiger partial charge >= 0.3 is 0 Å². The standard InChI is InChI=1S/C23H25FO2S/c1-14-9-15(2)22(16(3)10-14)23-20(25)11-17(12-21(23)26)7-8-27-19-6-4-5-18(24)13-19/h4-6,9-10,13,17,25H,7-8,11-12H2,1-3H3. The van der Waals surface area contributed by atoms with Gasteiger partial charge in [-0.05, 0) is 73.8 Å². The molecule has 0 amide bonds. The Hall–Kier alpha value is -2.07. The number of aliphatic hydroxyl groups excluding tert-OH is 1. The van der Waals surface area contributed by atoms with Crippen LogP contribution in [-0.4, -0.2) is 16.6 Å². The van der Waals surface area contributed by atoms with Crippen molar-refractivity contribution in [2.24, 2.45) is 5.92 Å². The van der Waals surface area contributed by atoms with Gasteiger partial charge in [-0.2, -0.15) is 0 Å². The molecule has 1 aliphatic rings. The van der Waals surface area contributed by atoms with E-state index in [9.17, 15) is 14.3 Å². The topological polar surface area (TPSA) is 37.3 Å². The number of aliphatic hydroxyl groups is 1. The molecule has 0 spiro atoms. The monoisotopic (exact) mass is 384 g/mol. The first-order valence-electron chi connectivity index (χ1n) is 9.27. The van der Waals surface area contributed by atoms with E-state index in [1.54, 1.807) is 17.8 Å². The molecule has 0 radical (unpaired) electrons. The molecule has 1 atom stereocenters. The van der Waals surface area contributed by atoms with Crippen LogP contribution in [0, 0.1) is 32.5 Å². The van der Waals surface area contributed by atoms with Crippen molar-refractivity contribution < 1.29 is 14.3 Å². The van der Waals surface area contributed by atoms with Crippen LogP contribution in [0.15, 0.2) is 47.1 Å². The molecule has 0 aromatic heterocycles. The Bertz CT molecular complexity index is 878. The summed E-state index contributed by atoms with van der Waals surface area (Å²) in [6.45, 7) is 6.02. The molecule has 0 aliphatic heterocycles. The van der Waals surface area contributed by atoms with Gasteiger partial charge in [0, 0.05) is 17.7 Å². The van der Waals surface area contributed by atoms with Crippen molar-refractivity contribution in [1.29, 1.82) is 0 Å². The molecule has 1 N–H and O–H groups in total. The lowest BCUT2D eigenvalue weighted by molar-refractivity contribution is -0.115. The quantitative estimate of drug-likeness (QED) is 0.625. The van der Waals surface area contributed by atoms with Crippen LogP contribution in [0.5, 0.6) is 0 Å². The number of allylic oxidation sites excluding steroid dienone is 2. The maximum Gasteiger partial charge on any atom is 0.167 e. The summed E-state index contributed by atoms with van der Waals surface area (Å²) in [6.07, 6.45) is 1.80. The summed E-state index contributed by atoms with van der Waals surface area (Å²) in [4.78, 5) is 13.7. The first-order chi connectivity index (χ1) is 12.8. The molecule has 3 rings (SSSR count). The predicted octanol–water partition coefficient (Wildman–Crippen LogP) is 6.18. The normalized spacial score (nSPS) is 17.5. The molecule has 2 nitrogen and oxygen atoms in total. The number of ketones is 1. The van der Waals surface area contributed by atoms with E-state index < -0.39 is 0 Å². The van der Waals surface area contributed by atoms with E-state index in [2.05, 4.69) is 12.1 Å². The van der Waals surface area contributed by atoms with Crippen molar-refractivity contribution >= 4 is 23.1 Å². The van der Waals surface area contributed by atoms with E-state index in [0.29, 0.717) is 18.4 Å². The fourth-order valence-corrected chi connectivity index (χ4v) is 4.99. The maximum atomic E-state index is 13.2. The number of halogens is 1. The third-order valence-corrected chi connectivity index (χ3v) is 6.07. The van der Waals surface area contributed by atoms with E-state index in [1.165, 1.54) is 12.1 Å². The van der Waals surface area contributed by atoms with Crippen molar-refractivity contribution in [1.82, 2.24) is 0 Å². The van der Waals surface area contributed by atoms with E-state index in [-0.39, 0.29) is 23.3 Å². The minimum Gasteiger partial charge on any atom is -0.512 e. The van der Waals surface area contributed by atoms with Crippen molar-refractivity contribution in [3.8, 4) is 0 Å². The first kappa shape index (κ1) is 19.7. The average molecular weight is 385 g/mol. The van der Waals surface area contributed by atoms with Gasteiger partial charge in [0.2, 0.25) is 0 Å². The van der Waals surface area contributed by atoms with Crippen molar-refractivity contribution in [3.05, 3.63) is 70.2 Å². The summed E-state index contributed by atoms with van der Waals surface area (Å²) < 4.78 is 13.2. The van der Waals surface area contributed by atoms with Crippen LogP contribution in [-0.2, 0) is 4.79 Å². The van der Waals surface area contributed by atoms with Crippen LogP contribution in [0.2, 0.25) is 0 Å². The number of hydrogen-bond acceptors (Lipinski definition) is 3. The fraction of sp³-hybridized carbons (Fsp3) is 0.348. The molecular formula is C23H25FO2S. The Labute approximate surface area is 164 Å². The van der Waals surface area contributed by atoms with E-state index in [1.807, 2.05) is 26.8 Å². The molecule has 142 valence electrons. The second-order valence-electron chi connectivity index (χ2n) is 7.39. The summed E-state index contributed by atoms with van der Waals surface area (Å²) >= 11 is 1.59. The highest BCUT2D eigenvalue weighted by Gasteiger charge is 2.30. The minimum absolute atomic E-state index is 0.0227. The van der Waals surface area contributed by atoms with Gasteiger partial charge in [-0.25, -0.2) is 4.39 Å². The van der Waals surface area contributed by atoms with E-state index in [4.69, 9.17) is 0 Å². The Balaban J connectivity index is 1.70. The van der Waals surface area contributed by atoms with Gasteiger partial charge in [-0.1, -0.05) is 23.8 Å². The van der Waals surface area contributed by atoms with Crippen molar-refractivity contribution in [2.45, 2.75) is 44.9 Å². The highest BCUT2D eigenvalue weighted by Crippen LogP contribution is 2.37. The smallest absolute Gasteiger partial charge is 0.167 e. The fourth-order valence-electron chi connectivity index (χ4n) is 3.94. The van der Waals surface area contributed by atoms with Crippen LogP contribution in [0.4, 0.5) is 4.39 Å². The number of aryl methyl sites for hydroxylation is 3. The second-order valence-corrected chi connectivity index (χ2v) is 8.56. The first-order valence-corrected chi connectivity index (χ1v) is 10.3. The van der Waals surface area contributed by atoms with Crippen LogP contribution in [0.25, 0.3) is 5.57 Å². The molecule has 4 heteroatoms. The Morgan fingerprint density at radius 2 is 1.81 bits per heavy atom. The van der Waals surface area contributed by atoms with Crippen LogP contribution in [0.1, 0.15) is 41.5 Å². The van der Waals surface area contributed by atoms with Crippen LogP contribution in [0.3, 0.4) is 0 Å². The zero-order valence-electron chi connectivity index (χ0n) is 16.0. The molecule has 1 aliphatic carbocycles. The Kier molecular flexibility index (Phi) is 6.05. The van der Waals surface area contributed by atoms with Gasteiger partial charge in [-0.3, -0.25) is 4.79 Å². The molecule has 2 aromatic carbocycles. The van der Waals surface area contributed by atoms with Gasteiger partial charge in [0.25, 0.3) is 0 Å². The number of carbonyl (C=O) groups excluding carboxylic acids is 1. The number of carbonyl (C=O) groups is 1. The zero-order chi connectivity index (χ0) is 19.6. The van der Waals surface area contributed by atoms with Gasteiger partial charge in [0.05, 0.1) is 5.57 Å². The number of hydrogen-bond donors (Lipinski definition) is 1. The van der Waals surface area contributed by atoms with E-state index >= 15 is 0 Å². The largest absolute Gasteiger partial charge is 0.512 e. The predicted molar refractivity (Wildman–Crippen MR) is 110 cm³/mol. The zero-order valence-corrected chi connectivity index (χ0v) is 16.8. The number of benzene rings is 2. The summed E-state index contributed by atoms with van der Waals surface area (Å²) in [6, 6.07) is 10.7. The lowest BCUT2D eigenvalue weighted by Crippen LogP contribution is -2.20. The van der Waals surface area contributed by atoms with Crippen LogP contribution < -0.4 is 0 Å². The van der Waals surface area contributed by atoms with Gasteiger partial charge in [-0.15, -0.1) is 11.8 Å². The molecule has 0 fully saturated rings. The molecule has 0 saturated heterocycles. The van der Waals surface area contributed by atoms with Gasteiger partial charge < -0.3 is 5.11 Å². The molecule has 0 bridgehead atoms. The molecule has 0 saturated carbocycles. The molecule has 0 heterocycles. The highest BCUT2D eigenvalue weighted by atomic mass is 32.2. The van der Waals surface area contributed by atoms with E-state index in [0.717, 1.165) is 39.3 Å². The summed E-state index contributed by atoms with van der Waals surface area (Å²) in [7, 11) is 0. The maximum absolute atomic E-state index is 13.2. The third kappa shape index (κ3) is 4.62. The number of rotatable bonds is 5. The third-order valence-electron chi connectivity index (χ3n) is 5.04. The summed E-state index contributed by atoms with van der Waals surface area (Å²) in [5.74, 6) is 0.930. The Morgan fingerprint density at radius 1 is 1.11 bits per heavy atom. The SMILES string of the molecule is Cc1cc(C)c(C2=C(O)CC(CCSc3cccc(F)c3)CC2=O)c(C)c1. The minimum atomic E-state index is -0.234. The average Bonchev–Trinajstić information content (AvgIpc) is 2.56. The van der Waals surface area contributed by atoms with Crippen molar-refractivity contribution in [3.63, 3.8) is 0 Å².